The first-order valence-electron chi connectivity index (χ1n) is 12.5. The van der Waals surface area contributed by atoms with Crippen molar-refractivity contribution in [2.24, 2.45) is 34.5 Å². The fourth-order valence-corrected chi connectivity index (χ4v) is 8.67. The molecule has 172 valence electrons. The van der Waals surface area contributed by atoms with Crippen molar-refractivity contribution in [3.63, 3.8) is 0 Å². The van der Waals surface area contributed by atoms with Gasteiger partial charge in [-0.2, -0.15) is 0 Å². The van der Waals surface area contributed by atoms with E-state index in [0.29, 0.717) is 36.4 Å². The lowest BCUT2D eigenvalue weighted by Gasteiger charge is -2.61. The van der Waals surface area contributed by atoms with E-state index in [0.717, 1.165) is 38.5 Å². The van der Waals surface area contributed by atoms with Gasteiger partial charge in [0.15, 0.2) is 5.78 Å². The molecule has 1 N–H and O–H groups in total. The van der Waals surface area contributed by atoms with Crippen molar-refractivity contribution >= 4 is 18.7 Å². The lowest BCUT2D eigenvalue weighted by molar-refractivity contribution is -0.183. The summed E-state index contributed by atoms with van der Waals surface area (Å²) in [5.41, 5.74) is -1.35. The van der Waals surface area contributed by atoms with E-state index in [1.165, 1.54) is 0 Å². The molecule has 5 rings (SSSR count). The molecule has 1 saturated heterocycles. The quantitative estimate of drug-likeness (QED) is 0.583. The number of hydrogen-bond donors (Lipinski definition) is 1. The van der Waals surface area contributed by atoms with Crippen LogP contribution in [0.3, 0.4) is 0 Å². The highest BCUT2D eigenvalue weighted by atomic mass is 16.6. The molecule has 4 aliphatic carbocycles. The summed E-state index contributed by atoms with van der Waals surface area (Å²) in [6.07, 6.45) is 6.59. The number of ketones is 2. The fraction of sp³-hybridized carbons (Fsp3) is 0.920. The van der Waals surface area contributed by atoms with Gasteiger partial charge < -0.3 is 14.4 Å². The maximum atomic E-state index is 13.9. The Bertz CT molecular complexity index is 791. The van der Waals surface area contributed by atoms with Crippen LogP contribution >= 0.6 is 0 Å². The number of hydrogen-bond acceptors (Lipinski definition) is 5. The number of carbonyl (C=O) groups is 2. The van der Waals surface area contributed by atoms with Crippen LogP contribution < -0.4 is 0 Å². The third kappa shape index (κ3) is 2.93. The number of rotatable bonds is 0. The van der Waals surface area contributed by atoms with Crippen LogP contribution in [0.1, 0.15) is 86.0 Å². The Balaban J connectivity index is 1.50. The molecule has 0 aromatic carbocycles. The Morgan fingerprint density at radius 3 is 2.52 bits per heavy atom. The summed E-state index contributed by atoms with van der Waals surface area (Å²) in [5, 5.41) is 10.0. The predicted octanol–water partition coefficient (Wildman–Crippen LogP) is 4.21. The van der Waals surface area contributed by atoms with E-state index >= 15 is 0 Å². The molecule has 0 aromatic rings. The molecule has 0 amide bonds. The Morgan fingerprint density at radius 1 is 1.06 bits per heavy atom. The van der Waals surface area contributed by atoms with E-state index in [9.17, 15) is 14.7 Å². The highest BCUT2D eigenvalue weighted by molar-refractivity contribution is 6.49. The van der Waals surface area contributed by atoms with Gasteiger partial charge in [0.1, 0.15) is 11.4 Å². The zero-order valence-electron chi connectivity index (χ0n) is 19.9. The molecule has 1 spiro atoms. The summed E-state index contributed by atoms with van der Waals surface area (Å²) in [7, 11) is -0.429. The zero-order chi connectivity index (χ0) is 22.4. The number of fused-ring (bicyclic) bond motifs is 6. The van der Waals surface area contributed by atoms with Crippen molar-refractivity contribution in [3.05, 3.63) is 0 Å². The highest BCUT2D eigenvalue weighted by Gasteiger charge is 2.71. The summed E-state index contributed by atoms with van der Waals surface area (Å²) in [5.74, 6) is 1.54. The van der Waals surface area contributed by atoms with Crippen LogP contribution in [0.25, 0.3) is 0 Å². The molecule has 0 unspecified atom stereocenters. The fourth-order valence-electron chi connectivity index (χ4n) is 8.67. The third-order valence-corrected chi connectivity index (χ3v) is 10.3. The first-order valence-corrected chi connectivity index (χ1v) is 12.5. The van der Waals surface area contributed by atoms with Gasteiger partial charge in [-0.1, -0.05) is 34.6 Å². The van der Waals surface area contributed by atoms with Crippen molar-refractivity contribution in [2.75, 3.05) is 6.61 Å². The minimum atomic E-state index is -0.894. The maximum Gasteiger partial charge on any atom is 0.463 e. The van der Waals surface area contributed by atoms with Crippen LogP contribution in [0, 0.1) is 34.5 Å². The van der Waals surface area contributed by atoms with E-state index < -0.39 is 18.1 Å². The second kappa shape index (κ2) is 6.90. The second-order valence-corrected chi connectivity index (χ2v) is 12.9. The minimum Gasteiger partial charge on any atom is -0.403 e. The maximum absolute atomic E-state index is 13.9. The van der Waals surface area contributed by atoms with Crippen LogP contribution in [0.5, 0.6) is 0 Å². The average molecular weight is 430 g/mol. The molecular weight excluding hydrogens is 391 g/mol. The Hall–Kier alpha value is -0.715. The van der Waals surface area contributed by atoms with Crippen molar-refractivity contribution in [1.29, 1.82) is 0 Å². The minimum absolute atomic E-state index is 0.00913. The van der Waals surface area contributed by atoms with Gasteiger partial charge >= 0.3 is 7.12 Å². The molecule has 1 aliphatic heterocycles. The van der Waals surface area contributed by atoms with Crippen LogP contribution in [-0.4, -0.2) is 42.1 Å². The summed E-state index contributed by atoms with van der Waals surface area (Å²) in [6.45, 7) is 10.8. The highest BCUT2D eigenvalue weighted by Crippen LogP contribution is 2.68. The Morgan fingerprint density at radius 2 is 1.81 bits per heavy atom. The van der Waals surface area contributed by atoms with E-state index in [1.54, 1.807) is 0 Å². The predicted molar refractivity (Wildman–Crippen MR) is 118 cm³/mol. The van der Waals surface area contributed by atoms with Gasteiger partial charge in [0.05, 0.1) is 12.7 Å². The standard InChI is InChI=1S/C25H39BO5/c1-22(2,3)26-30-14-20(29)25(31-26)11-9-18-17-7-6-15-12-16(27)8-10-23(15,4)21(17)19(28)13-24(18,25)5/h15-18,21,27H,6-14H2,1-5H3/t15-,16-,17+,18+,21-,23+,24+,25+/m1/s1. The second-order valence-electron chi connectivity index (χ2n) is 12.9. The van der Waals surface area contributed by atoms with E-state index in [-0.39, 0.29) is 35.1 Å². The summed E-state index contributed by atoms with van der Waals surface area (Å²) in [6, 6.07) is 0. The molecule has 31 heavy (non-hydrogen) atoms. The van der Waals surface area contributed by atoms with Crippen LogP contribution in [0.2, 0.25) is 5.31 Å². The average Bonchev–Trinajstić information content (AvgIpc) is 2.96. The topological polar surface area (TPSA) is 72.8 Å². The first-order chi connectivity index (χ1) is 14.4. The SMILES string of the molecule is CC(C)(C)B1OCC(=O)[C@]2(CC[C@H]3[C@@H]4CC[C@@H]5C[C@H](O)CC[C@]5(C)[C@H]4C(=O)C[C@@]32C)O1. The number of aliphatic hydroxyl groups is 1. The molecule has 6 heteroatoms. The number of aliphatic hydroxyl groups excluding tert-OH is 1. The van der Waals surface area contributed by atoms with Gasteiger partial charge in [0.2, 0.25) is 0 Å². The molecule has 1 heterocycles. The van der Waals surface area contributed by atoms with Gasteiger partial charge in [0.25, 0.3) is 0 Å². The first kappa shape index (κ1) is 22.1. The van der Waals surface area contributed by atoms with Gasteiger partial charge in [-0.05, 0) is 73.4 Å². The van der Waals surface area contributed by atoms with Crippen molar-refractivity contribution in [3.8, 4) is 0 Å². The van der Waals surface area contributed by atoms with Gasteiger partial charge in [-0.25, -0.2) is 0 Å². The third-order valence-electron chi connectivity index (χ3n) is 10.3. The van der Waals surface area contributed by atoms with Gasteiger partial charge in [-0.3, -0.25) is 9.59 Å². The molecule has 5 fully saturated rings. The molecule has 0 aromatic heterocycles. The van der Waals surface area contributed by atoms with Crippen molar-refractivity contribution in [1.82, 2.24) is 0 Å². The van der Waals surface area contributed by atoms with Gasteiger partial charge in [0, 0.05) is 17.8 Å². The molecule has 0 radical (unpaired) electrons. The van der Waals surface area contributed by atoms with E-state index in [2.05, 4.69) is 34.6 Å². The molecule has 5 aliphatic rings. The largest absolute Gasteiger partial charge is 0.463 e. The van der Waals surface area contributed by atoms with Crippen LogP contribution in [0.4, 0.5) is 0 Å². The molecule has 0 bridgehead atoms. The van der Waals surface area contributed by atoms with E-state index in [4.69, 9.17) is 9.31 Å². The summed E-state index contributed by atoms with van der Waals surface area (Å²) in [4.78, 5) is 27.2. The monoisotopic (exact) mass is 430 g/mol. The Labute approximate surface area is 187 Å². The summed E-state index contributed by atoms with van der Waals surface area (Å²) < 4.78 is 12.4. The van der Waals surface area contributed by atoms with Crippen molar-refractivity contribution < 1.29 is 24.0 Å². The molecule has 4 saturated carbocycles. The van der Waals surface area contributed by atoms with Crippen molar-refractivity contribution in [2.45, 2.75) is 103 Å². The van der Waals surface area contributed by atoms with E-state index in [1.807, 2.05) is 0 Å². The Kier molecular flexibility index (Phi) is 4.92. The number of Topliss-reactive ketones (excluding diaryl/α,β-unsaturated/α-hetero) is 2. The van der Waals surface area contributed by atoms with Crippen LogP contribution in [0.15, 0.2) is 0 Å². The molecule has 8 atom stereocenters. The van der Waals surface area contributed by atoms with Gasteiger partial charge in [-0.15, -0.1) is 0 Å². The number of carbonyl (C=O) groups excluding carboxylic acids is 2. The smallest absolute Gasteiger partial charge is 0.403 e. The molecule has 5 nitrogen and oxygen atoms in total. The zero-order valence-corrected chi connectivity index (χ0v) is 19.9. The normalized spacial score (nSPS) is 50.3. The molecular formula is C25H39BO5. The lowest BCUT2D eigenvalue weighted by Crippen LogP contribution is -2.66. The lowest BCUT2D eigenvalue weighted by atomic mass is 9.43. The summed E-state index contributed by atoms with van der Waals surface area (Å²) >= 11 is 0. The van der Waals surface area contributed by atoms with Crippen LogP contribution in [-0.2, 0) is 18.9 Å².